The lowest BCUT2D eigenvalue weighted by Crippen LogP contribution is -2.48. The van der Waals surface area contributed by atoms with Crippen LogP contribution in [0.25, 0.3) is 0 Å². The molecule has 172 valence electrons. The van der Waals surface area contributed by atoms with Crippen LogP contribution >= 0.6 is 0 Å². The molecule has 11 heteroatoms. The number of fused-ring (bicyclic) bond motifs is 1. The highest BCUT2D eigenvalue weighted by Gasteiger charge is 2.47. The van der Waals surface area contributed by atoms with Crippen molar-refractivity contribution >= 4 is 12.0 Å². The molecular weight excluding hydrogens is 419 g/mol. The zero-order valence-electron chi connectivity index (χ0n) is 17.0. The summed E-state index contributed by atoms with van der Waals surface area (Å²) in [6.45, 7) is 3.67. The molecule has 0 unspecified atom stereocenters. The zero-order chi connectivity index (χ0) is 22.4. The Morgan fingerprint density at radius 1 is 1.26 bits per heavy atom. The van der Waals surface area contributed by atoms with Crippen molar-refractivity contribution < 1.29 is 37.3 Å². The number of likely N-dealkylation sites (tertiary alicyclic amines) is 2. The molecule has 3 atom stereocenters. The summed E-state index contributed by atoms with van der Waals surface area (Å²) in [7, 11) is 0. The first kappa shape index (κ1) is 23.3. The average molecular weight is 445 g/mol. The maximum atomic E-state index is 12.9. The number of rotatable bonds is 3. The van der Waals surface area contributed by atoms with Crippen LogP contribution in [0.1, 0.15) is 31.2 Å². The molecule has 3 aliphatic rings. The van der Waals surface area contributed by atoms with Gasteiger partial charge in [-0.05, 0) is 37.3 Å². The van der Waals surface area contributed by atoms with E-state index in [1.807, 2.05) is 28.1 Å². The van der Waals surface area contributed by atoms with E-state index in [9.17, 15) is 18.0 Å². The molecule has 2 amide bonds. The first-order valence-electron chi connectivity index (χ1n) is 10.2. The van der Waals surface area contributed by atoms with Crippen molar-refractivity contribution in [3.8, 4) is 0 Å². The molecular formula is C20H26F3N3O5. The molecule has 1 aromatic rings. The van der Waals surface area contributed by atoms with Crippen LogP contribution < -0.4 is 0 Å². The second kappa shape index (κ2) is 10.3. The molecule has 4 heterocycles. The van der Waals surface area contributed by atoms with Gasteiger partial charge < -0.3 is 24.4 Å². The second-order valence-electron chi connectivity index (χ2n) is 7.69. The molecule has 0 aliphatic carbocycles. The van der Waals surface area contributed by atoms with Crippen LogP contribution in [0.15, 0.2) is 24.5 Å². The minimum Gasteiger partial charge on any atom is -0.475 e. The summed E-state index contributed by atoms with van der Waals surface area (Å²) in [6, 6.07) is 4.25. The van der Waals surface area contributed by atoms with Crippen molar-refractivity contribution in [3.05, 3.63) is 30.1 Å². The van der Waals surface area contributed by atoms with Crippen LogP contribution in [-0.4, -0.2) is 82.6 Å². The number of hydrogen-bond donors (Lipinski definition) is 1. The van der Waals surface area contributed by atoms with Gasteiger partial charge in [-0.2, -0.15) is 13.2 Å². The van der Waals surface area contributed by atoms with Crippen LogP contribution in [0.4, 0.5) is 18.0 Å². The Kier molecular flexibility index (Phi) is 7.71. The van der Waals surface area contributed by atoms with E-state index < -0.39 is 12.1 Å². The predicted octanol–water partition coefficient (Wildman–Crippen LogP) is 2.68. The van der Waals surface area contributed by atoms with E-state index in [0.717, 1.165) is 50.9 Å². The van der Waals surface area contributed by atoms with Gasteiger partial charge in [0.15, 0.2) is 0 Å². The first-order valence-corrected chi connectivity index (χ1v) is 10.2. The Bertz CT molecular complexity index is 743. The van der Waals surface area contributed by atoms with Gasteiger partial charge in [-0.1, -0.05) is 6.07 Å². The molecule has 3 saturated heterocycles. The van der Waals surface area contributed by atoms with E-state index in [2.05, 4.69) is 4.98 Å². The van der Waals surface area contributed by atoms with E-state index in [-0.39, 0.29) is 24.3 Å². The molecule has 3 aliphatic heterocycles. The summed E-state index contributed by atoms with van der Waals surface area (Å²) < 4.78 is 43.9. The van der Waals surface area contributed by atoms with Gasteiger partial charge in [0.2, 0.25) is 0 Å². The van der Waals surface area contributed by atoms with Crippen molar-refractivity contribution in [2.75, 3.05) is 26.2 Å². The Balaban J connectivity index is 0.000000339. The SMILES string of the molecule is O=C(N1CCCC1)N1C[C@H](OCc2cccnc2)[C@H]2OCCC[C@H]21.O=C(O)C(F)(F)F. The first-order chi connectivity index (χ1) is 14.8. The molecule has 0 spiro atoms. The molecule has 0 saturated carbocycles. The largest absolute Gasteiger partial charge is 0.490 e. The molecule has 3 fully saturated rings. The van der Waals surface area contributed by atoms with Gasteiger partial charge in [-0.25, -0.2) is 9.59 Å². The predicted molar refractivity (Wildman–Crippen MR) is 102 cm³/mol. The quantitative estimate of drug-likeness (QED) is 0.769. The molecule has 0 bridgehead atoms. The Hall–Kier alpha value is -2.40. The number of hydrogen-bond acceptors (Lipinski definition) is 5. The summed E-state index contributed by atoms with van der Waals surface area (Å²) in [5, 5.41) is 7.12. The third-order valence-corrected chi connectivity index (χ3v) is 5.53. The number of carboxylic acid groups (broad SMARTS) is 1. The minimum atomic E-state index is -5.08. The van der Waals surface area contributed by atoms with Crippen molar-refractivity contribution in [3.63, 3.8) is 0 Å². The van der Waals surface area contributed by atoms with Crippen molar-refractivity contribution in [1.29, 1.82) is 0 Å². The average Bonchev–Trinajstić information content (AvgIpc) is 3.41. The third kappa shape index (κ3) is 6.07. The number of alkyl halides is 3. The fraction of sp³-hybridized carbons (Fsp3) is 0.650. The maximum absolute atomic E-state index is 12.9. The highest BCUT2D eigenvalue weighted by molar-refractivity contribution is 5.75. The van der Waals surface area contributed by atoms with Crippen LogP contribution in [0, 0.1) is 0 Å². The minimum absolute atomic E-state index is 0.00183. The number of halogens is 3. The number of amides is 2. The second-order valence-corrected chi connectivity index (χ2v) is 7.69. The topological polar surface area (TPSA) is 92.2 Å². The Morgan fingerprint density at radius 2 is 1.97 bits per heavy atom. The Labute approximate surface area is 177 Å². The zero-order valence-corrected chi connectivity index (χ0v) is 17.0. The van der Waals surface area contributed by atoms with Gasteiger partial charge in [-0.15, -0.1) is 0 Å². The molecule has 31 heavy (non-hydrogen) atoms. The monoisotopic (exact) mass is 445 g/mol. The van der Waals surface area contributed by atoms with Gasteiger partial charge in [0.25, 0.3) is 0 Å². The number of urea groups is 1. The lowest BCUT2D eigenvalue weighted by molar-refractivity contribution is -0.192. The lowest BCUT2D eigenvalue weighted by atomic mass is 10.0. The summed E-state index contributed by atoms with van der Waals surface area (Å²) in [5.41, 5.74) is 1.05. The standard InChI is InChI=1S/C18H25N3O3.C2HF3O2/c22-18(20-8-1-2-9-20)21-12-16(17-15(21)6-4-10-23-17)24-13-14-5-3-7-19-11-14;3-2(4,5)1(6)7/h3,5,7,11,15-17H,1-2,4,6,8-10,12-13H2;(H,6,7)/t15-,16+,17+;/m1./s1. The number of carboxylic acids is 1. The lowest BCUT2D eigenvalue weighted by Gasteiger charge is -2.34. The van der Waals surface area contributed by atoms with Crippen LogP contribution in [0.5, 0.6) is 0 Å². The fourth-order valence-corrected chi connectivity index (χ4v) is 4.05. The van der Waals surface area contributed by atoms with Gasteiger partial charge in [-0.3, -0.25) is 4.98 Å². The van der Waals surface area contributed by atoms with Gasteiger partial charge in [0, 0.05) is 32.1 Å². The molecule has 1 N–H and O–H groups in total. The van der Waals surface area contributed by atoms with Gasteiger partial charge in [0.1, 0.15) is 12.2 Å². The molecule has 0 aromatic carbocycles. The van der Waals surface area contributed by atoms with Crippen molar-refractivity contribution in [2.45, 2.75) is 56.7 Å². The summed E-state index contributed by atoms with van der Waals surface area (Å²) in [6.07, 6.45) is 2.70. The van der Waals surface area contributed by atoms with E-state index in [0.29, 0.717) is 13.2 Å². The van der Waals surface area contributed by atoms with E-state index >= 15 is 0 Å². The number of carbonyl (C=O) groups excluding carboxylic acids is 1. The molecule has 1 aromatic heterocycles. The number of carbonyl (C=O) groups is 2. The summed E-state index contributed by atoms with van der Waals surface area (Å²) >= 11 is 0. The number of aromatic nitrogens is 1. The molecule has 8 nitrogen and oxygen atoms in total. The van der Waals surface area contributed by atoms with E-state index in [1.54, 1.807) is 6.20 Å². The Morgan fingerprint density at radius 3 is 2.58 bits per heavy atom. The third-order valence-electron chi connectivity index (χ3n) is 5.53. The molecule has 4 rings (SSSR count). The number of ether oxygens (including phenoxy) is 2. The van der Waals surface area contributed by atoms with Crippen molar-refractivity contribution in [2.24, 2.45) is 0 Å². The summed E-state index contributed by atoms with van der Waals surface area (Å²) in [5.74, 6) is -2.76. The highest BCUT2D eigenvalue weighted by atomic mass is 19.4. The number of nitrogens with zero attached hydrogens (tertiary/aromatic N) is 3. The number of aliphatic carboxylic acids is 1. The fourth-order valence-electron chi connectivity index (χ4n) is 4.05. The molecule has 0 radical (unpaired) electrons. The summed E-state index contributed by atoms with van der Waals surface area (Å²) in [4.78, 5) is 29.9. The normalized spacial score (nSPS) is 25.6. The number of pyridine rings is 1. The smallest absolute Gasteiger partial charge is 0.475 e. The van der Waals surface area contributed by atoms with Crippen LogP contribution in [-0.2, 0) is 20.9 Å². The van der Waals surface area contributed by atoms with Crippen molar-refractivity contribution in [1.82, 2.24) is 14.8 Å². The van der Waals surface area contributed by atoms with Crippen LogP contribution in [0.2, 0.25) is 0 Å². The van der Waals surface area contributed by atoms with E-state index in [4.69, 9.17) is 19.4 Å². The maximum Gasteiger partial charge on any atom is 0.490 e. The van der Waals surface area contributed by atoms with Gasteiger partial charge in [0.05, 0.1) is 19.2 Å². The van der Waals surface area contributed by atoms with Crippen LogP contribution in [0.3, 0.4) is 0 Å². The van der Waals surface area contributed by atoms with Gasteiger partial charge >= 0.3 is 18.2 Å². The van der Waals surface area contributed by atoms with E-state index in [1.165, 1.54) is 0 Å². The highest BCUT2D eigenvalue weighted by Crippen LogP contribution is 2.32.